The molecule has 0 saturated carbocycles. The lowest BCUT2D eigenvalue weighted by atomic mass is 10.2. The molecule has 2 aliphatic rings. The van der Waals surface area contributed by atoms with E-state index < -0.39 is 6.10 Å². The minimum absolute atomic E-state index is 0.108. The van der Waals surface area contributed by atoms with E-state index in [2.05, 4.69) is 5.32 Å². The van der Waals surface area contributed by atoms with Crippen LogP contribution in [-0.2, 0) is 9.59 Å². The molecular weight excluding hydrogens is 380 g/mol. The van der Waals surface area contributed by atoms with Gasteiger partial charge in [0.2, 0.25) is 5.91 Å². The fraction of sp³-hybridized carbons (Fsp3) is 0.438. The Balaban J connectivity index is 1.47. The first kappa shape index (κ1) is 18.5. The zero-order valence-electron chi connectivity index (χ0n) is 13.3. The van der Waals surface area contributed by atoms with Crippen molar-refractivity contribution >= 4 is 58.0 Å². The van der Waals surface area contributed by atoms with Crippen LogP contribution in [0.3, 0.4) is 0 Å². The quantitative estimate of drug-likeness (QED) is 0.559. The number of nitrogens with one attached hydrogen (secondary N) is 1. The molecule has 0 unspecified atom stereocenters. The standard InChI is InChI=1S/C16H18N2O4S3/c19-12-9-24-8-11(12)17-14(20)4-1-5-18-15(21)13(25-16(18)23)7-10-3-2-6-22-10/h2-3,6-7,11-12,19H,1,4-5,8-9H2,(H,17,20)/t11-,12+/m1/s1. The lowest BCUT2D eigenvalue weighted by Gasteiger charge is -2.17. The molecule has 2 amide bonds. The molecule has 134 valence electrons. The van der Waals surface area contributed by atoms with Crippen LogP contribution in [0.1, 0.15) is 18.6 Å². The number of carbonyl (C=O) groups excluding carboxylic acids is 2. The van der Waals surface area contributed by atoms with Gasteiger partial charge in [0.05, 0.1) is 23.3 Å². The summed E-state index contributed by atoms with van der Waals surface area (Å²) in [5.74, 6) is 1.73. The first-order chi connectivity index (χ1) is 12.0. The first-order valence-corrected chi connectivity index (χ1v) is 10.3. The fourth-order valence-corrected chi connectivity index (χ4v) is 5.01. The van der Waals surface area contributed by atoms with Crippen molar-refractivity contribution in [3.05, 3.63) is 29.1 Å². The summed E-state index contributed by atoms with van der Waals surface area (Å²) in [4.78, 5) is 26.4. The second-order valence-electron chi connectivity index (χ2n) is 5.73. The normalized spacial score (nSPS) is 25.2. The van der Waals surface area contributed by atoms with Crippen molar-refractivity contribution in [2.24, 2.45) is 0 Å². The van der Waals surface area contributed by atoms with Gasteiger partial charge in [0, 0.05) is 30.5 Å². The molecule has 0 aromatic carbocycles. The van der Waals surface area contributed by atoms with Gasteiger partial charge >= 0.3 is 0 Å². The van der Waals surface area contributed by atoms with E-state index >= 15 is 0 Å². The van der Waals surface area contributed by atoms with Crippen molar-refractivity contribution in [1.82, 2.24) is 10.2 Å². The molecule has 0 bridgehead atoms. The third kappa shape index (κ3) is 4.66. The minimum Gasteiger partial charge on any atom is -0.465 e. The summed E-state index contributed by atoms with van der Waals surface area (Å²) in [6.07, 6.45) is 3.55. The van der Waals surface area contributed by atoms with Gasteiger partial charge in [-0.1, -0.05) is 24.0 Å². The lowest BCUT2D eigenvalue weighted by molar-refractivity contribution is -0.124. The third-order valence-electron chi connectivity index (χ3n) is 3.87. The topological polar surface area (TPSA) is 82.8 Å². The highest BCUT2D eigenvalue weighted by Crippen LogP contribution is 2.32. The molecule has 1 aromatic rings. The van der Waals surface area contributed by atoms with E-state index in [0.717, 1.165) is 5.75 Å². The van der Waals surface area contributed by atoms with E-state index in [9.17, 15) is 14.7 Å². The van der Waals surface area contributed by atoms with Crippen molar-refractivity contribution < 1.29 is 19.1 Å². The summed E-state index contributed by atoms with van der Waals surface area (Å²) in [6.45, 7) is 0.398. The van der Waals surface area contributed by atoms with Crippen LogP contribution >= 0.6 is 35.7 Å². The number of rotatable bonds is 6. The monoisotopic (exact) mass is 398 g/mol. The number of aliphatic hydroxyl groups excluding tert-OH is 1. The second kappa shape index (κ2) is 8.39. The summed E-state index contributed by atoms with van der Waals surface area (Å²) in [5.41, 5.74) is 0. The van der Waals surface area contributed by atoms with Gasteiger partial charge in [-0.15, -0.1) is 0 Å². The highest BCUT2D eigenvalue weighted by Gasteiger charge is 2.32. The molecule has 25 heavy (non-hydrogen) atoms. The number of amides is 2. The number of furan rings is 1. The molecule has 2 atom stereocenters. The van der Waals surface area contributed by atoms with Crippen LogP contribution in [0, 0.1) is 0 Å². The Bertz CT molecular complexity index is 690. The average Bonchev–Trinajstić information content (AvgIpc) is 3.27. The molecule has 1 aromatic heterocycles. The van der Waals surface area contributed by atoms with Crippen molar-refractivity contribution in [1.29, 1.82) is 0 Å². The predicted octanol–water partition coefficient (Wildman–Crippen LogP) is 1.85. The Kier molecular flexibility index (Phi) is 6.21. The van der Waals surface area contributed by atoms with E-state index in [4.69, 9.17) is 16.6 Å². The van der Waals surface area contributed by atoms with E-state index in [-0.39, 0.29) is 17.9 Å². The van der Waals surface area contributed by atoms with Crippen molar-refractivity contribution in [3.8, 4) is 0 Å². The van der Waals surface area contributed by atoms with Gasteiger partial charge in [0.1, 0.15) is 10.1 Å². The molecule has 6 nitrogen and oxygen atoms in total. The molecule has 9 heteroatoms. The maximum absolute atomic E-state index is 12.4. The highest BCUT2D eigenvalue weighted by atomic mass is 32.2. The molecule has 2 saturated heterocycles. The minimum atomic E-state index is -0.479. The average molecular weight is 399 g/mol. The van der Waals surface area contributed by atoms with Gasteiger partial charge in [-0.3, -0.25) is 14.5 Å². The molecule has 2 aliphatic heterocycles. The van der Waals surface area contributed by atoms with Crippen molar-refractivity contribution in [2.45, 2.75) is 25.0 Å². The second-order valence-corrected chi connectivity index (χ2v) is 8.48. The summed E-state index contributed by atoms with van der Waals surface area (Å²) in [5, 5.41) is 12.6. The number of aliphatic hydroxyl groups is 1. The summed E-state index contributed by atoms with van der Waals surface area (Å²) in [7, 11) is 0. The van der Waals surface area contributed by atoms with Crippen molar-refractivity contribution in [3.63, 3.8) is 0 Å². The Morgan fingerprint density at radius 3 is 3.04 bits per heavy atom. The maximum Gasteiger partial charge on any atom is 0.266 e. The SMILES string of the molecule is O=C(CCCN1C(=O)C(=Cc2ccco2)SC1=S)N[C@@H]1CSC[C@@H]1O. The first-order valence-electron chi connectivity index (χ1n) is 7.88. The van der Waals surface area contributed by atoms with Gasteiger partial charge in [-0.25, -0.2) is 0 Å². The summed E-state index contributed by atoms with van der Waals surface area (Å²) < 4.78 is 5.71. The van der Waals surface area contributed by atoms with Crippen LogP contribution in [0.15, 0.2) is 27.7 Å². The summed E-state index contributed by atoms with van der Waals surface area (Å²) in [6, 6.07) is 3.35. The van der Waals surface area contributed by atoms with Gasteiger partial charge in [-0.05, 0) is 18.6 Å². The molecule has 0 spiro atoms. The van der Waals surface area contributed by atoms with E-state index in [1.807, 2.05) is 0 Å². The zero-order valence-corrected chi connectivity index (χ0v) is 15.8. The molecule has 2 fully saturated rings. The molecule has 0 aliphatic carbocycles. The van der Waals surface area contributed by atoms with Crippen LogP contribution in [0.5, 0.6) is 0 Å². The van der Waals surface area contributed by atoms with E-state index in [0.29, 0.717) is 40.1 Å². The predicted molar refractivity (Wildman–Crippen MR) is 103 cm³/mol. The third-order valence-corrected chi connectivity index (χ3v) is 6.42. The van der Waals surface area contributed by atoms with Gasteiger partial charge in [0.25, 0.3) is 5.91 Å². The van der Waals surface area contributed by atoms with Crippen LogP contribution in [0.2, 0.25) is 0 Å². The van der Waals surface area contributed by atoms with Gasteiger partial charge in [0.15, 0.2) is 0 Å². The molecular formula is C16H18N2O4S3. The number of hydrogen-bond donors (Lipinski definition) is 2. The van der Waals surface area contributed by atoms with Crippen LogP contribution in [-0.4, -0.2) is 56.3 Å². The summed E-state index contributed by atoms with van der Waals surface area (Å²) >= 11 is 8.13. The Labute approximate surface area is 159 Å². The van der Waals surface area contributed by atoms with Crippen molar-refractivity contribution in [2.75, 3.05) is 18.1 Å². The van der Waals surface area contributed by atoms with Gasteiger partial charge in [-0.2, -0.15) is 11.8 Å². The fourth-order valence-electron chi connectivity index (χ4n) is 2.55. The number of carbonyl (C=O) groups is 2. The number of thioether (sulfide) groups is 2. The Hall–Kier alpha value is -1.29. The smallest absolute Gasteiger partial charge is 0.266 e. The highest BCUT2D eigenvalue weighted by molar-refractivity contribution is 8.26. The Morgan fingerprint density at radius 1 is 1.52 bits per heavy atom. The maximum atomic E-state index is 12.4. The lowest BCUT2D eigenvalue weighted by Crippen LogP contribution is -2.42. The Morgan fingerprint density at radius 2 is 2.36 bits per heavy atom. The number of thiocarbonyl (C=S) groups is 1. The van der Waals surface area contributed by atoms with E-state index in [1.54, 1.807) is 36.2 Å². The van der Waals surface area contributed by atoms with Gasteiger partial charge < -0.3 is 14.8 Å². The number of hydrogen-bond acceptors (Lipinski definition) is 7. The largest absolute Gasteiger partial charge is 0.465 e. The van der Waals surface area contributed by atoms with E-state index in [1.165, 1.54) is 16.7 Å². The number of nitrogens with zero attached hydrogens (tertiary/aromatic N) is 1. The zero-order chi connectivity index (χ0) is 17.8. The van der Waals surface area contributed by atoms with Crippen LogP contribution in [0.4, 0.5) is 0 Å². The molecule has 3 rings (SSSR count). The van der Waals surface area contributed by atoms with Crippen LogP contribution in [0.25, 0.3) is 6.08 Å². The molecule has 0 radical (unpaired) electrons. The molecule has 2 N–H and O–H groups in total. The van der Waals surface area contributed by atoms with Crippen LogP contribution < -0.4 is 5.32 Å². The molecule has 3 heterocycles.